The number of aromatic nitrogens is 1. The van der Waals surface area contributed by atoms with Gasteiger partial charge in [0.05, 0.1) is 16.2 Å². The van der Waals surface area contributed by atoms with Crippen molar-refractivity contribution >= 4 is 49.2 Å². The van der Waals surface area contributed by atoms with Gasteiger partial charge in [-0.05, 0) is 19.2 Å². The summed E-state index contributed by atoms with van der Waals surface area (Å²) in [6.45, 7) is 0. The van der Waals surface area contributed by atoms with Crippen molar-refractivity contribution in [2.45, 2.75) is 4.90 Å². The van der Waals surface area contributed by atoms with Crippen LogP contribution in [0.3, 0.4) is 0 Å². The molecule has 0 spiro atoms. The Morgan fingerprint density at radius 1 is 1.27 bits per heavy atom. The molecule has 6 nitrogen and oxygen atoms in total. The number of nitrogens with one attached hydrogen (secondary N) is 1. The molecule has 22 heavy (non-hydrogen) atoms. The fourth-order valence-corrected chi connectivity index (χ4v) is 3.61. The first-order chi connectivity index (χ1) is 10.2. The molecule has 0 aliphatic rings. The number of sulfonamides is 1. The summed E-state index contributed by atoms with van der Waals surface area (Å²) in [6, 6.07) is 4.19. The normalized spacial score (nSPS) is 11.5. The van der Waals surface area contributed by atoms with Crippen LogP contribution in [-0.2, 0) is 10.0 Å². The van der Waals surface area contributed by atoms with Gasteiger partial charge in [0.25, 0.3) is 0 Å². The van der Waals surface area contributed by atoms with E-state index < -0.39 is 15.8 Å². The van der Waals surface area contributed by atoms with Crippen LogP contribution in [0.15, 0.2) is 33.8 Å². The molecule has 0 saturated carbocycles. The summed E-state index contributed by atoms with van der Waals surface area (Å²) >= 11 is 15.3. The molecule has 2 aromatic rings. The zero-order chi connectivity index (χ0) is 16.5. The molecule has 0 amide bonds. The molecule has 0 atom stereocenters. The highest BCUT2D eigenvalue weighted by molar-refractivity contribution is 9.10. The fourth-order valence-electron chi connectivity index (χ4n) is 1.52. The minimum atomic E-state index is -3.86. The Morgan fingerprint density at radius 2 is 1.86 bits per heavy atom. The van der Waals surface area contributed by atoms with Crippen molar-refractivity contribution in [3.63, 3.8) is 0 Å². The topological polar surface area (TPSA) is 88.5 Å². The first-order valence-corrected chi connectivity index (χ1v) is 8.73. The largest absolute Gasteiger partial charge is 0.505 e. The molecular formula is C12H9BrCl2N2O4S. The van der Waals surface area contributed by atoms with Crippen LogP contribution in [0.5, 0.6) is 17.4 Å². The number of aromatic hydroxyl groups is 1. The number of rotatable bonds is 4. The van der Waals surface area contributed by atoms with Gasteiger partial charge in [0, 0.05) is 10.5 Å². The van der Waals surface area contributed by atoms with Crippen LogP contribution in [0, 0.1) is 0 Å². The molecule has 2 rings (SSSR count). The van der Waals surface area contributed by atoms with Crippen molar-refractivity contribution in [2.24, 2.45) is 0 Å². The van der Waals surface area contributed by atoms with Crippen molar-refractivity contribution in [1.29, 1.82) is 0 Å². The maximum atomic E-state index is 11.8. The van der Waals surface area contributed by atoms with Gasteiger partial charge < -0.3 is 9.84 Å². The number of hydrogen-bond donors (Lipinski definition) is 2. The van der Waals surface area contributed by atoms with Crippen LogP contribution in [0.2, 0.25) is 10.0 Å². The van der Waals surface area contributed by atoms with E-state index in [0.717, 1.165) is 12.3 Å². The number of ether oxygens (including phenoxy) is 1. The van der Waals surface area contributed by atoms with Crippen LogP contribution in [0.1, 0.15) is 0 Å². The molecule has 0 radical (unpaired) electrons. The van der Waals surface area contributed by atoms with Crippen LogP contribution < -0.4 is 9.46 Å². The maximum Gasteiger partial charge on any atom is 0.244 e. The third kappa shape index (κ3) is 3.64. The molecule has 1 heterocycles. The lowest BCUT2D eigenvalue weighted by atomic mass is 10.3. The average molecular weight is 428 g/mol. The second kappa shape index (κ2) is 6.59. The van der Waals surface area contributed by atoms with Crippen LogP contribution in [0.25, 0.3) is 0 Å². The van der Waals surface area contributed by atoms with Crippen molar-refractivity contribution in [2.75, 3.05) is 7.05 Å². The lowest BCUT2D eigenvalue weighted by Gasteiger charge is -2.11. The maximum absolute atomic E-state index is 11.8. The van der Waals surface area contributed by atoms with E-state index in [1.165, 1.54) is 7.05 Å². The Morgan fingerprint density at radius 3 is 2.41 bits per heavy atom. The van der Waals surface area contributed by atoms with Crippen molar-refractivity contribution in [3.8, 4) is 17.4 Å². The van der Waals surface area contributed by atoms with Gasteiger partial charge in [-0.2, -0.15) is 0 Å². The molecule has 1 aromatic carbocycles. The van der Waals surface area contributed by atoms with Crippen LogP contribution >= 0.6 is 39.1 Å². The fraction of sp³-hybridized carbons (Fsp3) is 0.0833. The number of benzene rings is 1. The Hall–Kier alpha value is -1.06. The molecule has 0 saturated heterocycles. The van der Waals surface area contributed by atoms with Crippen LogP contribution in [-0.4, -0.2) is 25.6 Å². The second-order valence-electron chi connectivity index (χ2n) is 4.00. The quantitative estimate of drug-likeness (QED) is 0.778. The van der Waals surface area contributed by atoms with Gasteiger partial charge in [-0.1, -0.05) is 39.1 Å². The van der Waals surface area contributed by atoms with E-state index in [1.807, 2.05) is 0 Å². The molecular weight excluding hydrogens is 419 g/mol. The Balaban J connectivity index is 2.46. The molecule has 0 unspecified atom stereocenters. The minimum Gasteiger partial charge on any atom is -0.505 e. The zero-order valence-electron chi connectivity index (χ0n) is 11.0. The van der Waals surface area contributed by atoms with Gasteiger partial charge in [0.2, 0.25) is 15.9 Å². The lowest BCUT2D eigenvalue weighted by Crippen LogP contribution is -2.18. The molecule has 0 bridgehead atoms. The van der Waals surface area contributed by atoms with Gasteiger partial charge >= 0.3 is 0 Å². The number of halogens is 3. The van der Waals surface area contributed by atoms with E-state index in [-0.39, 0.29) is 26.6 Å². The molecule has 0 aliphatic carbocycles. The van der Waals surface area contributed by atoms with E-state index in [9.17, 15) is 13.5 Å². The average Bonchev–Trinajstić information content (AvgIpc) is 2.44. The van der Waals surface area contributed by atoms with Gasteiger partial charge in [-0.25, -0.2) is 18.1 Å². The molecule has 1 aromatic heterocycles. The predicted molar refractivity (Wildman–Crippen MR) is 86.4 cm³/mol. The van der Waals surface area contributed by atoms with Gasteiger partial charge in [0.15, 0.2) is 11.5 Å². The summed E-state index contributed by atoms with van der Waals surface area (Å²) in [6.07, 6.45) is 0.959. The standard InChI is InChI=1S/C12H9BrCl2N2O4S/c1-16-22(19,20)10-4-11(17-5-9(10)18)21-12-7(14)2-6(13)3-8(12)15/h2-5,16,18H,1H3. The first kappa shape index (κ1) is 17.3. The van der Waals surface area contributed by atoms with Crippen molar-refractivity contribution in [3.05, 3.63) is 38.9 Å². The SMILES string of the molecule is CNS(=O)(=O)c1cc(Oc2c(Cl)cc(Br)cc2Cl)ncc1O. The van der Waals surface area contributed by atoms with E-state index in [4.69, 9.17) is 27.9 Å². The van der Waals surface area contributed by atoms with Gasteiger partial charge in [0.1, 0.15) is 4.90 Å². The van der Waals surface area contributed by atoms with E-state index in [2.05, 4.69) is 25.6 Å². The molecule has 118 valence electrons. The zero-order valence-corrected chi connectivity index (χ0v) is 14.9. The van der Waals surface area contributed by atoms with Crippen molar-refractivity contribution in [1.82, 2.24) is 9.71 Å². The Bertz CT molecular complexity index is 807. The number of nitrogens with zero attached hydrogens (tertiary/aromatic N) is 1. The summed E-state index contributed by atoms with van der Waals surface area (Å²) in [5.41, 5.74) is 0. The third-order valence-corrected chi connectivity index (χ3v) is 5.01. The highest BCUT2D eigenvalue weighted by atomic mass is 79.9. The van der Waals surface area contributed by atoms with Gasteiger partial charge in [-0.15, -0.1) is 0 Å². The summed E-state index contributed by atoms with van der Waals surface area (Å²) in [5.74, 6) is -0.468. The minimum absolute atomic E-state index is 0.0854. The van der Waals surface area contributed by atoms with Crippen molar-refractivity contribution < 1.29 is 18.3 Å². The monoisotopic (exact) mass is 426 g/mol. The van der Waals surface area contributed by atoms with Crippen LogP contribution in [0.4, 0.5) is 0 Å². The smallest absolute Gasteiger partial charge is 0.244 e. The van der Waals surface area contributed by atoms with E-state index in [0.29, 0.717) is 4.47 Å². The molecule has 10 heteroatoms. The summed E-state index contributed by atoms with van der Waals surface area (Å²) in [4.78, 5) is 3.42. The third-order valence-electron chi connectivity index (χ3n) is 2.55. The molecule has 0 fully saturated rings. The Kier molecular flexibility index (Phi) is 5.18. The summed E-state index contributed by atoms with van der Waals surface area (Å²) < 4.78 is 31.8. The summed E-state index contributed by atoms with van der Waals surface area (Å²) in [5, 5.41) is 10.0. The highest BCUT2D eigenvalue weighted by Gasteiger charge is 2.19. The molecule has 0 aliphatic heterocycles. The number of hydrogen-bond acceptors (Lipinski definition) is 5. The second-order valence-corrected chi connectivity index (χ2v) is 7.58. The molecule has 2 N–H and O–H groups in total. The highest BCUT2D eigenvalue weighted by Crippen LogP contribution is 2.39. The van der Waals surface area contributed by atoms with E-state index in [1.54, 1.807) is 12.1 Å². The predicted octanol–water partition coefficient (Wildman–Crippen LogP) is 3.56. The Labute approximate surface area is 145 Å². The summed E-state index contributed by atoms with van der Waals surface area (Å²) in [7, 11) is -2.64. The van der Waals surface area contributed by atoms with E-state index >= 15 is 0 Å². The van der Waals surface area contributed by atoms with Gasteiger partial charge in [-0.3, -0.25) is 0 Å². The lowest BCUT2D eigenvalue weighted by molar-refractivity contribution is 0.434. The number of pyridine rings is 1. The first-order valence-electron chi connectivity index (χ1n) is 5.69.